The molecule has 0 atom stereocenters. The Kier molecular flexibility index (Phi) is 5.11. The Balaban J connectivity index is 1.26. The zero-order valence-electron chi connectivity index (χ0n) is 15.4. The number of rotatable bonds is 6. The number of para-hydroxylation sites is 1. The first-order valence-corrected chi connectivity index (χ1v) is 9.52. The summed E-state index contributed by atoms with van der Waals surface area (Å²) in [5, 5.41) is 7.79. The summed E-state index contributed by atoms with van der Waals surface area (Å²) in [7, 11) is 0. The fourth-order valence-electron chi connectivity index (χ4n) is 3.65. The second-order valence-corrected chi connectivity index (χ2v) is 7.31. The molecule has 4 rings (SSSR count). The van der Waals surface area contributed by atoms with E-state index in [1.165, 1.54) is 0 Å². The van der Waals surface area contributed by atoms with Crippen LogP contribution in [-0.4, -0.2) is 27.0 Å². The van der Waals surface area contributed by atoms with Gasteiger partial charge in [0.25, 0.3) is 0 Å². The van der Waals surface area contributed by atoms with Gasteiger partial charge in [-0.15, -0.1) is 0 Å². The number of carbonyl (C=O) groups excluding carboxylic acids is 1. The number of nitrogens with zero attached hydrogens (tertiary/aromatic N) is 2. The molecule has 1 saturated carbocycles. The highest BCUT2D eigenvalue weighted by Crippen LogP contribution is 2.39. The summed E-state index contributed by atoms with van der Waals surface area (Å²) in [6.45, 7) is 0.141. The molecule has 1 fully saturated rings. The molecule has 0 unspecified atom stereocenters. The van der Waals surface area contributed by atoms with Crippen LogP contribution in [0.1, 0.15) is 55.3 Å². The highest BCUT2D eigenvalue weighted by Gasteiger charge is 2.36. The Hall–Kier alpha value is -2.77. The van der Waals surface area contributed by atoms with Crippen LogP contribution in [-0.2, 0) is 17.8 Å². The van der Waals surface area contributed by atoms with Crippen LogP contribution in [0, 0.1) is 0 Å². The first kappa shape index (κ1) is 18.6. The van der Waals surface area contributed by atoms with Crippen LogP contribution in [0.3, 0.4) is 0 Å². The van der Waals surface area contributed by atoms with Crippen molar-refractivity contribution in [3.63, 3.8) is 0 Å². The van der Waals surface area contributed by atoms with Gasteiger partial charge in [0.15, 0.2) is 5.82 Å². The minimum Gasteiger partial charge on any atom is -0.361 e. The van der Waals surface area contributed by atoms with Crippen molar-refractivity contribution >= 4 is 16.8 Å². The molecule has 8 heteroatoms. The van der Waals surface area contributed by atoms with Crippen molar-refractivity contribution in [3.05, 3.63) is 47.7 Å². The zero-order valence-corrected chi connectivity index (χ0v) is 15.4. The van der Waals surface area contributed by atoms with E-state index < -0.39 is 5.92 Å². The molecule has 0 spiro atoms. The third-order valence-electron chi connectivity index (χ3n) is 5.30. The summed E-state index contributed by atoms with van der Waals surface area (Å²) in [4.78, 5) is 19.6. The van der Waals surface area contributed by atoms with E-state index >= 15 is 0 Å². The second kappa shape index (κ2) is 7.69. The Labute approximate surface area is 160 Å². The van der Waals surface area contributed by atoms with Gasteiger partial charge in [-0.25, -0.2) is 8.78 Å². The molecule has 2 aromatic heterocycles. The van der Waals surface area contributed by atoms with Crippen molar-refractivity contribution in [2.75, 3.05) is 0 Å². The average Bonchev–Trinajstić information content (AvgIpc) is 3.32. The number of hydrogen-bond donors (Lipinski definition) is 2. The summed E-state index contributed by atoms with van der Waals surface area (Å²) in [6, 6.07) is 7.97. The molecule has 2 N–H and O–H groups in total. The summed E-state index contributed by atoms with van der Waals surface area (Å²) in [6.07, 6.45) is 3.31. The van der Waals surface area contributed by atoms with E-state index in [4.69, 9.17) is 4.52 Å². The van der Waals surface area contributed by atoms with E-state index in [9.17, 15) is 13.6 Å². The molecular formula is C20H22F2N4O2. The molecule has 28 heavy (non-hydrogen) atoms. The molecule has 6 nitrogen and oxygen atoms in total. The molecule has 148 valence electrons. The third kappa shape index (κ3) is 4.21. The number of benzene rings is 1. The van der Waals surface area contributed by atoms with Crippen molar-refractivity contribution in [2.24, 2.45) is 0 Å². The van der Waals surface area contributed by atoms with E-state index in [2.05, 4.69) is 20.4 Å². The van der Waals surface area contributed by atoms with Crippen molar-refractivity contribution in [1.29, 1.82) is 0 Å². The van der Waals surface area contributed by atoms with E-state index in [0.717, 1.165) is 16.5 Å². The van der Waals surface area contributed by atoms with Gasteiger partial charge >= 0.3 is 0 Å². The van der Waals surface area contributed by atoms with E-state index in [0.29, 0.717) is 37.4 Å². The Morgan fingerprint density at radius 1 is 1.29 bits per heavy atom. The molecule has 2 heterocycles. The standard InChI is InChI=1S/C20H22F2N4O2/c21-20(22)9-7-13(8-10-20)19-25-18(28-26-19)12-24-17(27)6-5-14-11-23-16-4-2-1-3-15(14)16/h1-4,11,13,23H,5-10,12H2,(H,24,27). The number of hydrogen-bond acceptors (Lipinski definition) is 4. The van der Waals surface area contributed by atoms with Gasteiger partial charge in [0.1, 0.15) is 0 Å². The molecule has 3 aromatic rings. The first-order chi connectivity index (χ1) is 13.5. The van der Waals surface area contributed by atoms with Crippen LogP contribution in [0.15, 0.2) is 35.0 Å². The number of carbonyl (C=O) groups is 1. The van der Waals surface area contributed by atoms with E-state index in [1.54, 1.807) is 0 Å². The minimum absolute atomic E-state index is 0.102. The molecular weight excluding hydrogens is 366 g/mol. The van der Waals surface area contributed by atoms with Gasteiger partial charge in [-0.2, -0.15) is 4.98 Å². The SMILES string of the molecule is O=C(CCc1c[nH]c2ccccc12)NCc1nc(C2CCC(F)(F)CC2)no1. The summed E-state index contributed by atoms with van der Waals surface area (Å²) in [5.74, 6) is -2.04. The highest BCUT2D eigenvalue weighted by molar-refractivity contribution is 5.84. The molecule has 1 aromatic carbocycles. The average molecular weight is 388 g/mol. The number of nitrogens with one attached hydrogen (secondary N) is 2. The largest absolute Gasteiger partial charge is 0.361 e. The maximum absolute atomic E-state index is 13.3. The molecule has 1 aliphatic carbocycles. The van der Waals surface area contributed by atoms with Crippen LogP contribution in [0.2, 0.25) is 0 Å². The van der Waals surface area contributed by atoms with Gasteiger partial charge in [-0.1, -0.05) is 23.4 Å². The molecule has 0 bridgehead atoms. The predicted octanol–water partition coefficient (Wildman–Crippen LogP) is 4.09. The number of aromatic nitrogens is 3. The lowest BCUT2D eigenvalue weighted by molar-refractivity contribution is -0.121. The number of aryl methyl sites for hydroxylation is 1. The van der Waals surface area contributed by atoms with Gasteiger partial charge in [0.05, 0.1) is 6.54 Å². The predicted molar refractivity (Wildman–Crippen MR) is 98.9 cm³/mol. The Bertz CT molecular complexity index is 956. The molecule has 1 aliphatic rings. The highest BCUT2D eigenvalue weighted by atomic mass is 19.3. The number of fused-ring (bicyclic) bond motifs is 1. The summed E-state index contributed by atoms with van der Waals surface area (Å²) >= 11 is 0. The number of aromatic amines is 1. The third-order valence-corrected chi connectivity index (χ3v) is 5.30. The molecule has 0 saturated heterocycles. The van der Waals surface area contributed by atoms with E-state index in [-0.39, 0.29) is 31.2 Å². The summed E-state index contributed by atoms with van der Waals surface area (Å²) in [5.41, 5.74) is 2.15. The monoisotopic (exact) mass is 388 g/mol. The number of alkyl halides is 2. The van der Waals surface area contributed by atoms with Crippen molar-refractivity contribution in [2.45, 2.75) is 56.9 Å². The fourth-order valence-corrected chi connectivity index (χ4v) is 3.65. The van der Waals surface area contributed by atoms with Crippen molar-refractivity contribution < 1.29 is 18.1 Å². The lowest BCUT2D eigenvalue weighted by Gasteiger charge is -2.26. The summed E-state index contributed by atoms with van der Waals surface area (Å²) < 4.78 is 31.7. The van der Waals surface area contributed by atoms with Crippen LogP contribution in [0.5, 0.6) is 0 Å². The normalized spacial score (nSPS) is 17.1. The topological polar surface area (TPSA) is 83.8 Å². The lowest BCUT2D eigenvalue weighted by atomic mass is 9.86. The quantitative estimate of drug-likeness (QED) is 0.666. The first-order valence-electron chi connectivity index (χ1n) is 9.52. The Morgan fingerprint density at radius 2 is 2.07 bits per heavy atom. The maximum atomic E-state index is 13.3. The number of halogens is 2. The van der Waals surface area contributed by atoms with Crippen LogP contribution < -0.4 is 5.32 Å². The smallest absolute Gasteiger partial charge is 0.248 e. The van der Waals surface area contributed by atoms with Gasteiger partial charge < -0.3 is 14.8 Å². The van der Waals surface area contributed by atoms with Crippen LogP contribution in [0.4, 0.5) is 8.78 Å². The van der Waals surface area contributed by atoms with Crippen molar-refractivity contribution in [1.82, 2.24) is 20.4 Å². The number of amides is 1. The second-order valence-electron chi connectivity index (χ2n) is 7.31. The van der Waals surface area contributed by atoms with Crippen molar-refractivity contribution in [3.8, 4) is 0 Å². The minimum atomic E-state index is -2.58. The van der Waals surface area contributed by atoms with Crippen LogP contribution in [0.25, 0.3) is 10.9 Å². The molecule has 0 radical (unpaired) electrons. The van der Waals surface area contributed by atoms with Gasteiger partial charge in [-0.3, -0.25) is 4.79 Å². The molecule has 0 aliphatic heterocycles. The molecule has 1 amide bonds. The van der Waals surface area contributed by atoms with Gasteiger partial charge in [-0.05, 0) is 30.9 Å². The Morgan fingerprint density at radius 3 is 2.89 bits per heavy atom. The maximum Gasteiger partial charge on any atom is 0.248 e. The fraction of sp³-hybridized carbons (Fsp3) is 0.450. The number of H-pyrrole nitrogens is 1. The van der Waals surface area contributed by atoms with Crippen LogP contribution >= 0.6 is 0 Å². The lowest BCUT2D eigenvalue weighted by Crippen LogP contribution is -2.24. The van der Waals surface area contributed by atoms with E-state index in [1.807, 2.05) is 30.5 Å². The zero-order chi connectivity index (χ0) is 19.6. The van der Waals surface area contributed by atoms with Gasteiger partial charge in [0, 0.05) is 42.3 Å². The van der Waals surface area contributed by atoms with Gasteiger partial charge in [0.2, 0.25) is 17.7 Å².